The molecule has 1 aliphatic rings. The summed E-state index contributed by atoms with van der Waals surface area (Å²) in [4.78, 5) is 15.0. The van der Waals surface area contributed by atoms with E-state index in [1.165, 1.54) is 19.1 Å². The van der Waals surface area contributed by atoms with Gasteiger partial charge < -0.3 is 9.64 Å². The number of benzene rings is 3. The number of carbonyl (C=O) groups excluding carboxylic acids is 1. The maximum atomic E-state index is 13.5. The molecule has 4 rings (SSSR count). The van der Waals surface area contributed by atoms with Crippen molar-refractivity contribution in [2.24, 2.45) is 0 Å². The summed E-state index contributed by atoms with van der Waals surface area (Å²) in [6.45, 7) is 2.17. The number of rotatable bonds is 6. The number of halogens is 1. The maximum absolute atomic E-state index is 13.5. The zero-order valence-electron chi connectivity index (χ0n) is 18.4. The van der Waals surface area contributed by atoms with E-state index in [-0.39, 0.29) is 22.4 Å². The molecule has 6 nitrogen and oxygen atoms in total. The molecule has 0 aromatic heterocycles. The van der Waals surface area contributed by atoms with E-state index in [9.17, 15) is 17.6 Å². The molecule has 1 N–H and O–H groups in total. The van der Waals surface area contributed by atoms with Crippen LogP contribution in [-0.4, -0.2) is 32.9 Å². The Balaban J connectivity index is 1.49. The first-order chi connectivity index (χ1) is 15.8. The van der Waals surface area contributed by atoms with Gasteiger partial charge in [-0.15, -0.1) is 0 Å². The van der Waals surface area contributed by atoms with Crippen LogP contribution in [0.2, 0.25) is 0 Å². The van der Waals surface area contributed by atoms with Crippen LogP contribution in [0.3, 0.4) is 0 Å². The van der Waals surface area contributed by atoms with Gasteiger partial charge in [0.05, 0.1) is 18.0 Å². The summed E-state index contributed by atoms with van der Waals surface area (Å²) in [5.74, 6) is 0.201. The van der Waals surface area contributed by atoms with Crippen LogP contribution in [0, 0.1) is 12.7 Å². The zero-order chi connectivity index (χ0) is 23.6. The zero-order valence-corrected chi connectivity index (χ0v) is 19.2. The van der Waals surface area contributed by atoms with E-state index in [1.54, 1.807) is 31.4 Å². The molecule has 0 aliphatic carbocycles. The minimum Gasteiger partial charge on any atom is -0.497 e. The first-order valence-electron chi connectivity index (χ1n) is 10.6. The normalized spacial score (nSPS) is 16.0. The van der Waals surface area contributed by atoms with Gasteiger partial charge in [-0.05, 0) is 85.5 Å². The van der Waals surface area contributed by atoms with Gasteiger partial charge in [0.1, 0.15) is 11.6 Å². The number of anilines is 1. The average Bonchev–Trinajstić information content (AvgIpc) is 3.30. The summed E-state index contributed by atoms with van der Waals surface area (Å²) < 4.78 is 46.4. The fourth-order valence-electron chi connectivity index (χ4n) is 4.03. The lowest BCUT2D eigenvalue weighted by Crippen LogP contribution is -2.30. The van der Waals surface area contributed by atoms with Crippen molar-refractivity contribution in [1.82, 2.24) is 4.90 Å². The quantitative estimate of drug-likeness (QED) is 0.557. The maximum Gasteiger partial charge on any atom is 0.261 e. The Labute approximate surface area is 193 Å². The van der Waals surface area contributed by atoms with E-state index in [4.69, 9.17) is 4.74 Å². The predicted octanol–water partition coefficient (Wildman–Crippen LogP) is 4.92. The van der Waals surface area contributed by atoms with E-state index in [0.29, 0.717) is 17.8 Å². The van der Waals surface area contributed by atoms with Crippen molar-refractivity contribution in [3.8, 4) is 5.75 Å². The number of sulfonamides is 1. The Morgan fingerprint density at radius 1 is 1.06 bits per heavy atom. The van der Waals surface area contributed by atoms with E-state index in [2.05, 4.69) is 4.72 Å². The van der Waals surface area contributed by atoms with Crippen LogP contribution in [0.15, 0.2) is 71.6 Å². The van der Waals surface area contributed by atoms with Crippen molar-refractivity contribution in [1.29, 1.82) is 0 Å². The SMILES string of the molecule is COc1ccc(C2CCCN2C(=O)c2ccc(NS(=O)(=O)c3ccc(F)c(C)c3)cc2)cc1. The molecular formula is C25H25FN2O4S. The Hall–Kier alpha value is -3.39. The molecule has 172 valence electrons. The van der Waals surface area contributed by atoms with Gasteiger partial charge in [-0.1, -0.05) is 12.1 Å². The summed E-state index contributed by atoms with van der Waals surface area (Å²) in [6.07, 6.45) is 1.80. The molecular weight excluding hydrogens is 443 g/mol. The fourth-order valence-corrected chi connectivity index (χ4v) is 5.17. The molecule has 1 amide bonds. The smallest absolute Gasteiger partial charge is 0.261 e. The third-order valence-electron chi connectivity index (χ3n) is 5.84. The Kier molecular flexibility index (Phi) is 6.37. The molecule has 3 aromatic rings. The predicted molar refractivity (Wildman–Crippen MR) is 124 cm³/mol. The number of nitrogens with one attached hydrogen (secondary N) is 1. The van der Waals surface area contributed by atoms with Crippen LogP contribution >= 0.6 is 0 Å². The highest BCUT2D eigenvalue weighted by atomic mass is 32.2. The summed E-state index contributed by atoms with van der Waals surface area (Å²) >= 11 is 0. The molecule has 1 aliphatic heterocycles. The number of nitrogens with zero attached hydrogens (tertiary/aromatic N) is 1. The molecule has 33 heavy (non-hydrogen) atoms. The average molecular weight is 469 g/mol. The number of ether oxygens (including phenoxy) is 1. The number of hydrogen-bond donors (Lipinski definition) is 1. The molecule has 1 unspecified atom stereocenters. The number of methoxy groups -OCH3 is 1. The van der Waals surface area contributed by atoms with Gasteiger partial charge in [-0.3, -0.25) is 9.52 Å². The lowest BCUT2D eigenvalue weighted by Gasteiger charge is -2.25. The van der Waals surface area contributed by atoms with E-state index in [0.717, 1.165) is 30.2 Å². The molecule has 0 radical (unpaired) electrons. The van der Waals surface area contributed by atoms with Gasteiger partial charge in [-0.2, -0.15) is 0 Å². The Morgan fingerprint density at radius 3 is 2.39 bits per heavy atom. The second kappa shape index (κ2) is 9.23. The summed E-state index contributed by atoms with van der Waals surface area (Å²) in [5.41, 5.74) is 2.11. The first kappa shape index (κ1) is 22.8. The van der Waals surface area contributed by atoms with Gasteiger partial charge in [0.2, 0.25) is 0 Å². The topological polar surface area (TPSA) is 75.7 Å². The highest BCUT2D eigenvalue weighted by molar-refractivity contribution is 7.92. The van der Waals surface area contributed by atoms with Crippen LogP contribution in [0.5, 0.6) is 5.75 Å². The van der Waals surface area contributed by atoms with Crippen LogP contribution in [0.25, 0.3) is 0 Å². The van der Waals surface area contributed by atoms with E-state index in [1.807, 2.05) is 29.2 Å². The minimum atomic E-state index is -3.87. The molecule has 8 heteroatoms. The first-order valence-corrected chi connectivity index (χ1v) is 12.1. The summed E-state index contributed by atoms with van der Waals surface area (Å²) in [7, 11) is -2.26. The lowest BCUT2D eigenvalue weighted by atomic mass is 10.0. The van der Waals surface area contributed by atoms with Gasteiger partial charge >= 0.3 is 0 Å². The third-order valence-corrected chi connectivity index (χ3v) is 7.22. The Bertz CT molecular complexity index is 1260. The fraction of sp³-hybridized carbons (Fsp3) is 0.240. The van der Waals surface area contributed by atoms with Gasteiger partial charge in [-0.25, -0.2) is 12.8 Å². The summed E-state index contributed by atoms with van der Waals surface area (Å²) in [6, 6.07) is 17.7. The number of carbonyl (C=O) groups is 1. The second-order valence-electron chi connectivity index (χ2n) is 8.02. The van der Waals surface area contributed by atoms with Gasteiger partial charge in [0.25, 0.3) is 15.9 Å². The third kappa shape index (κ3) is 4.85. The van der Waals surface area contributed by atoms with Crippen LogP contribution in [0.4, 0.5) is 10.1 Å². The highest BCUT2D eigenvalue weighted by Crippen LogP contribution is 2.34. The molecule has 0 saturated carbocycles. The van der Waals surface area contributed by atoms with Crippen molar-refractivity contribution in [2.45, 2.75) is 30.7 Å². The van der Waals surface area contributed by atoms with E-state index < -0.39 is 15.8 Å². The number of aryl methyl sites for hydroxylation is 1. The van der Waals surface area contributed by atoms with Gasteiger partial charge in [0.15, 0.2) is 0 Å². The number of hydrogen-bond acceptors (Lipinski definition) is 4. The highest BCUT2D eigenvalue weighted by Gasteiger charge is 2.30. The largest absolute Gasteiger partial charge is 0.497 e. The Morgan fingerprint density at radius 2 is 1.76 bits per heavy atom. The molecule has 1 atom stereocenters. The van der Waals surface area contributed by atoms with Gasteiger partial charge in [0, 0.05) is 17.8 Å². The number of likely N-dealkylation sites (tertiary alicyclic amines) is 1. The molecule has 1 heterocycles. The molecule has 0 spiro atoms. The minimum absolute atomic E-state index is 0.0108. The van der Waals surface area contributed by atoms with E-state index >= 15 is 0 Å². The molecule has 1 fully saturated rings. The standard InChI is InChI=1S/C25H25FN2O4S/c1-17-16-22(13-14-23(17)26)33(30,31)27-20-9-5-19(6-10-20)25(29)28-15-3-4-24(28)18-7-11-21(32-2)12-8-18/h5-14,16,24,27H,3-4,15H2,1-2H3. The van der Waals surface area contributed by atoms with Crippen LogP contribution in [0.1, 0.15) is 40.4 Å². The molecule has 3 aromatic carbocycles. The summed E-state index contributed by atoms with van der Waals surface area (Å²) in [5, 5.41) is 0. The molecule has 1 saturated heterocycles. The van der Waals surface area contributed by atoms with Crippen LogP contribution in [-0.2, 0) is 10.0 Å². The van der Waals surface area contributed by atoms with Crippen molar-refractivity contribution < 1.29 is 22.3 Å². The second-order valence-corrected chi connectivity index (χ2v) is 9.71. The molecule has 0 bridgehead atoms. The van der Waals surface area contributed by atoms with Crippen molar-refractivity contribution in [3.63, 3.8) is 0 Å². The monoisotopic (exact) mass is 468 g/mol. The van der Waals surface area contributed by atoms with Crippen LogP contribution < -0.4 is 9.46 Å². The lowest BCUT2D eigenvalue weighted by molar-refractivity contribution is 0.0735. The van der Waals surface area contributed by atoms with Crippen molar-refractivity contribution >= 4 is 21.6 Å². The van der Waals surface area contributed by atoms with Crippen molar-refractivity contribution in [3.05, 3.63) is 89.2 Å². The number of amides is 1. The van der Waals surface area contributed by atoms with Crippen molar-refractivity contribution in [2.75, 3.05) is 18.4 Å².